The van der Waals surface area contributed by atoms with Crippen LogP contribution in [0.3, 0.4) is 0 Å². The fraction of sp³-hybridized carbons (Fsp3) is 0.480. The molecule has 2 fully saturated rings. The number of hydrogen-bond donors (Lipinski definition) is 2. The summed E-state index contributed by atoms with van der Waals surface area (Å²) in [7, 11) is 5.24. The molecular weight excluding hydrogens is 502 g/mol. The second kappa shape index (κ2) is 10.7. The third-order valence-corrected chi connectivity index (χ3v) is 7.37. The van der Waals surface area contributed by atoms with Crippen LogP contribution in [0.15, 0.2) is 36.4 Å². The van der Waals surface area contributed by atoms with E-state index in [9.17, 15) is 22.4 Å². The van der Waals surface area contributed by atoms with E-state index in [0.29, 0.717) is 30.4 Å². The van der Waals surface area contributed by atoms with Crippen LogP contribution in [0.2, 0.25) is 0 Å². The lowest BCUT2D eigenvalue weighted by Gasteiger charge is -2.45. The van der Waals surface area contributed by atoms with Crippen LogP contribution in [0.4, 0.5) is 28.0 Å². The zero-order valence-electron chi connectivity index (χ0n) is 20.2. The normalized spacial score (nSPS) is 23.9. The number of likely N-dealkylation sites (tertiary alicyclic amines) is 1. The summed E-state index contributed by atoms with van der Waals surface area (Å²) >= 11 is 0. The standard InChI is InChI=1S/C25H29F4N3O3.ClH/c1-32-12-11-24(15-7-8-19(34-2)20(13-15)35-3)10-9-16(14-21(24)32)30-23(33)31-18-6-4-5-17(22(18)26)25(27,28)29;/h4-8,13,16,21H,9-12,14H2,1-3H3,(H2,30,31,33);1H/t16-,21+,24+;/m1./s1. The number of methoxy groups -OCH3 is 2. The number of nitrogens with one attached hydrogen (secondary N) is 2. The summed E-state index contributed by atoms with van der Waals surface area (Å²) < 4.78 is 64.1. The van der Waals surface area contributed by atoms with Gasteiger partial charge in [-0.2, -0.15) is 13.2 Å². The Bertz CT molecular complexity index is 1100. The van der Waals surface area contributed by atoms with Crippen LogP contribution < -0.4 is 20.1 Å². The lowest BCUT2D eigenvalue weighted by atomic mass is 9.65. The van der Waals surface area contributed by atoms with Gasteiger partial charge in [0.2, 0.25) is 0 Å². The van der Waals surface area contributed by atoms with Crippen molar-refractivity contribution in [2.45, 2.75) is 49.4 Å². The van der Waals surface area contributed by atoms with Crippen LogP contribution in [0.25, 0.3) is 0 Å². The molecule has 2 aromatic rings. The molecule has 0 spiro atoms. The number of benzene rings is 2. The molecule has 1 aliphatic heterocycles. The Balaban J connectivity index is 0.00000361. The van der Waals surface area contributed by atoms with E-state index in [1.807, 2.05) is 19.2 Å². The molecule has 2 aromatic carbocycles. The van der Waals surface area contributed by atoms with E-state index in [1.165, 1.54) is 0 Å². The Morgan fingerprint density at radius 3 is 2.50 bits per heavy atom. The average molecular weight is 532 g/mol. The molecule has 1 aliphatic carbocycles. The molecule has 4 rings (SSSR count). The number of rotatable bonds is 5. The first-order valence-electron chi connectivity index (χ1n) is 11.4. The minimum absolute atomic E-state index is 0. The highest BCUT2D eigenvalue weighted by Gasteiger charge is 2.50. The predicted octanol–water partition coefficient (Wildman–Crippen LogP) is 5.60. The molecule has 1 saturated heterocycles. The molecule has 0 aromatic heterocycles. The van der Waals surface area contributed by atoms with Gasteiger partial charge in [0.1, 0.15) is 0 Å². The highest BCUT2D eigenvalue weighted by Crippen LogP contribution is 2.50. The third-order valence-electron chi connectivity index (χ3n) is 7.37. The molecule has 3 atom stereocenters. The number of carbonyl (C=O) groups is 1. The summed E-state index contributed by atoms with van der Waals surface area (Å²) in [6.07, 6.45) is -1.75. The topological polar surface area (TPSA) is 62.8 Å². The van der Waals surface area contributed by atoms with Gasteiger partial charge in [-0.25, -0.2) is 9.18 Å². The predicted molar refractivity (Wildman–Crippen MR) is 131 cm³/mol. The van der Waals surface area contributed by atoms with Gasteiger partial charge in [0.15, 0.2) is 17.3 Å². The molecule has 36 heavy (non-hydrogen) atoms. The highest BCUT2D eigenvalue weighted by molar-refractivity contribution is 5.89. The Kier molecular flexibility index (Phi) is 8.30. The molecule has 0 radical (unpaired) electrons. The summed E-state index contributed by atoms with van der Waals surface area (Å²) in [5.74, 6) is -0.179. The van der Waals surface area contributed by atoms with E-state index in [-0.39, 0.29) is 29.9 Å². The first-order chi connectivity index (χ1) is 16.6. The van der Waals surface area contributed by atoms with E-state index >= 15 is 0 Å². The van der Waals surface area contributed by atoms with Gasteiger partial charge >= 0.3 is 12.2 Å². The summed E-state index contributed by atoms with van der Waals surface area (Å²) in [5, 5.41) is 5.07. The van der Waals surface area contributed by atoms with Gasteiger partial charge < -0.3 is 25.0 Å². The molecule has 198 valence electrons. The Morgan fingerprint density at radius 1 is 1.11 bits per heavy atom. The summed E-state index contributed by atoms with van der Waals surface area (Å²) in [6.45, 7) is 0.896. The first-order valence-corrected chi connectivity index (χ1v) is 11.4. The van der Waals surface area contributed by atoms with Crippen molar-refractivity contribution >= 4 is 24.1 Å². The Labute approximate surface area is 213 Å². The SMILES string of the molecule is COc1ccc([C@@]23CC[C@@H](NC(=O)Nc4cccc(C(F)(F)F)c4F)C[C@@H]2N(C)CC3)cc1OC.Cl. The number of ether oxygens (including phenoxy) is 2. The first kappa shape index (κ1) is 27.9. The largest absolute Gasteiger partial charge is 0.493 e. The number of carbonyl (C=O) groups excluding carboxylic acids is 1. The zero-order chi connectivity index (χ0) is 25.4. The second-order valence-corrected chi connectivity index (χ2v) is 9.21. The number of halogens is 5. The maximum atomic E-state index is 14.3. The number of urea groups is 1. The minimum Gasteiger partial charge on any atom is -0.493 e. The van der Waals surface area contributed by atoms with E-state index in [1.54, 1.807) is 14.2 Å². The lowest BCUT2D eigenvalue weighted by molar-refractivity contribution is -0.139. The van der Waals surface area contributed by atoms with Gasteiger partial charge in [-0.1, -0.05) is 12.1 Å². The van der Waals surface area contributed by atoms with Crippen LogP contribution in [-0.2, 0) is 11.6 Å². The van der Waals surface area contributed by atoms with E-state index < -0.39 is 29.3 Å². The molecule has 1 heterocycles. The number of nitrogens with zero attached hydrogens (tertiary/aromatic N) is 1. The van der Waals surface area contributed by atoms with Crippen molar-refractivity contribution in [3.63, 3.8) is 0 Å². The van der Waals surface area contributed by atoms with Crippen molar-refractivity contribution in [1.82, 2.24) is 10.2 Å². The number of hydrogen-bond acceptors (Lipinski definition) is 4. The van der Waals surface area contributed by atoms with Crippen LogP contribution in [0.1, 0.15) is 36.8 Å². The summed E-state index contributed by atoms with van der Waals surface area (Å²) in [4.78, 5) is 14.8. The minimum atomic E-state index is -4.85. The van der Waals surface area contributed by atoms with Gasteiger partial charge in [0, 0.05) is 17.5 Å². The molecule has 6 nitrogen and oxygen atoms in total. The molecule has 2 N–H and O–H groups in total. The third kappa shape index (κ3) is 5.20. The molecule has 0 bridgehead atoms. The van der Waals surface area contributed by atoms with Crippen molar-refractivity contribution in [1.29, 1.82) is 0 Å². The van der Waals surface area contributed by atoms with Crippen molar-refractivity contribution in [2.75, 3.05) is 33.1 Å². The van der Waals surface area contributed by atoms with Gasteiger partial charge in [0.05, 0.1) is 25.5 Å². The maximum Gasteiger partial charge on any atom is 0.419 e. The molecule has 0 unspecified atom stereocenters. The van der Waals surface area contributed by atoms with Crippen LogP contribution in [0, 0.1) is 5.82 Å². The monoisotopic (exact) mass is 531 g/mol. The lowest BCUT2D eigenvalue weighted by Crippen LogP contribution is -2.52. The van der Waals surface area contributed by atoms with Crippen molar-refractivity contribution in [2.24, 2.45) is 0 Å². The van der Waals surface area contributed by atoms with E-state index in [0.717, 1.165) is 37.1 Å². The van der Waals surface area contributed by atoms with Crippen LogP contribution >= 0.6 is 12.4 Å². The van der Waals surface area contributed by atoms with Gasteiger partial charge in [0.25, 0.3) is 0 Å². The van der Waals surface area contributed by atoms with Crippen LogP contribution in [0.5, 0.6) is 11.5 Å². The van der Waals surface area contributed by atoms with Crippen molar-refractivity contribution in [3.8, 4) is 11.5 Å². The number of likely N-dealkylation sites (N-methyl/N-ethyl adjacent to an activating group) is 1. The van der Waals surface area contributed by atoms with E-state index in [4.69, 9.17) is 9.47 Å². The van der Waals surface area contributed by atoms with Gasteiger partial charge in [-0.05, 0) is 69.1 Å². The zero-order valence-corrected chi connectivity index (χ0v) is 21.1. The molecule has 2 amide bonds. The second-order valence-electron chi connectivity index (χ2n) is 9.21. The van der Waals surface area contributed by atoms with Crippen molar-refractivity contribution in [3.05, 3.63) is 53.3 Å². The fourth-order valence-corrected chi connectivity index (χ4v) is 5.59. The summed E-state index contributed by atoms with van der Waals surface area (Å²) in [6, 6.07) is 8.00. The number of fused-ring (bicyclic) bond motifs is 1. The molecule has 11 heteroatoms. The van der Waals surface area contributed by atoms with E-state index in [2.05, 4.69) is 21.6 Å². The van der Waals surface area contributed by atoms with Gasteiger partial charge in [-0.15, -0.1) is 12.4 Å². The number of amides is 2. The van der Waals surface area contributed by atoms with Gasteiger partial charge in [-0.3, -0.25) is 0 Å². The Morgan fingerprint density at radius 2 is 1.83 bits per heavy atom. The van der Waals surface area contributed by atoms with Crippen LogP contribution in [-0.4, -0.2) is 50.8 Å². The molecule has 1 saturated carbocycles. The summed E-state index contributed by atoms with van der Waals surface area (Å²) in [5.41, 5.74) is -0.889. The highest BCUT2D eigenvalue weighted by atomic mass is 35.5. The molecular formula is C25H30ClF4N3O3. The molecule has 2 aliphatic rings. The fourth-order valence-electron chi connectivity index (χ4n) is 5.59. The Hall–Kier alpha value is -2.72. The maximum absolute atomic E-state index is 14.3. The number of alkyl halides is 3. The quantitative estimate of drug-likeness (QED) is 0.493. The number of anilines is 1. The average Bonchev–Trinajstić information content (AvgIpc) is 3.16. The van der Waals surface area contributed by atoms with Crippen molar-refractivity contribution < 1.29 is 31.8 Å². The smallest absolute Gasteiger partial charge is 0.419 e.